The van der Waals surface area contributed by atoms with Gasteiger partial charge in [0.25, 0.3) is 0 Å². The van der Waals surface area contributed by atoms with Crippen LogP contribution in [0.4, 0.5) is 0 Å². The summed E-state index contributed by atoms with van der Waals surface area (Å²) in [6.45, 7) is 2.44. The lowest BCUT2D eigenvalue weighted by molar-refractivity contribution is 0.302. The van der Waals surface area contributed by atoms with E-state index in [1.807, 2.05) is 0 Å². The highest BCUT2D eigenvalue weighted by Gasteiger charge is 2.59. The van der Waals surface area contributed by atoms with E-state index in [1.54, 1.807) is 0 Å². The van der Waals surface area contributed by atoms with Gasteiger partial charge in [-0.25, -0.2) is 0 Å². The summed E-state index contributed by atoms with van der Waals surface area (Å²) in [6.07, 6.45) is 6.34. The third-order valence-electron chi connectivity index (χ3n) is 4.99. The summed E-state index contributed by atoms with van der Waals surface area (Å²) in [5.41, 5.74) is 0. The minimum absolute atomic E-state index is 0.775. The fourth-order valence-electron chi connectivity index (χ4n) is 4.52. The highest BCUT2D eigenvalue weighted by Crippen LogP contribution is 2.63. The minimum atomic E-state index is 0.775. The molecule has 13 heavy (non-hydrogen) atoms. The smallest absolute Gasteiger partial charge is 0.0252 e. The summed E-state index contributed by atoms with van der Waals surface area (Å²) in [4.78, 5) is 0. The summed E-state index contributed by atoms with van der Waals surface area (Å²) in [5, 5.41) is 0. The van der Waals surface area contributed by atoms with E-state index in [9.17, 15) is 0 Å². The average molecular weight is 170 g/mol. The normalized spacial score (nSPS) is 63.9. The van der Waals surface area contributed by atoms with E-state index in [1.165, 1.54) is 6.42 Å². The zero-order valence-electron chi connectivity index (χ0n) is 7.90. The predicted molar refractivity (Wildman–Crippen MR) is 51.6 cm³/mol. The Morgan fingerprint density at radius 3 is 2.08 bits per heavy atom. The van der Waals surface area contributed by atoms with Crippen molar-refractivity contribution in [2.75, 3.05) is 0 Å². The highest BCUT2D eigenvalue weighted by molar-refractivity contribution is 5.32. The van der Waals surface area contributed by atoms with E-state index in [-0.39, 0.29) is 0 Å². The zero-order valence-corrected chi connectivity index (χ0v) is 7.90. The van der Waals surface area contributed by atoms with Gasteiger partial charge in [0.05, 0.1) is 0 Å². The van der Waals surface area contributed by atoms with Gasteiger partial charge in [-0.05, 0) is 36.0 Å². The fraction of sp³-hybridized carbons (Fsp3) is 0.692. The molecule has 66 valence electrons. The predicted octanol–water partition coefficient (Wildman–Crippen LogP) is 2.32. The molecule has 6 atom stereocenters. The standard InChI is InChI=1S/C13H14/c1-7-10-4-5-11(7)13-9-3-2-8(6-9)12(10)13/h4-5,7-13H,6H2,1H3. The van der Waals surface area contributed by atoms with Crippen molar-refractivity contribution in [3.63, 3.8) is 0 Å². The second-order valence-electron chi connectivity index (χ2n) is 5.29. The lowest BCUT2D eigenvalue weighted by Crippen LogP contribution is -2.23. The molecule has 0 heteroatoms. The summed E-state index contributed by atoms with van der Waals surface area (Å²) in [6, 6.07) is 0. The summed E-state index contributed by atoms with van der Waals surface area (Å²) in [7, 11) is 0. The van der Waals surface area contributed by atoms with Crippen LogP contribution in [0.3, 0.4) is 0 Å². The van der Waals surface area contributed by atoms with Crippen LogP contribution in [-0.4, -0.2) is 0 Å². The van der Waals surface area contributed by atoms with Crippen molar-refractivity contribution in [3.8, 4) is 11.8 Å². The molecule has 0 spiro atoms. The quantitative estimate of drug-likeness (QED) is 0.297. The molecule has 0 aromatic carbocycles. The highest BCUT2D eigenvalue weighted by atomic mass is 14.6. The topological polar surface area (TPSA) is 0 Å². The van der Waals surface area contributed by atoms with Crippen LogP contribution in [0.1, 0.15) is 13.3 Å². The lowest BCUT2D eigenvalue weighted by atomic mass is 9.77. The van der Waals surface area contributed by atoms with Gasteiger partial charge in [-0.15, -0.1) is 0 Å². The van der Waals surface area contributed by atoms with Crippen molar-refractivity contribution in [2.45, 2.75) is 13.3 Å². The molecule has 0 nitrogen and oxygen atoms in total. The van der Waals surface area contributed by atoms with Gasteiger partial charge in [0, 0.05) is 11.8 Å². The van der Waals surface area contributed by atoms with Crippen molar-refractivity contribution in [1.29, 1.82) is 0 Å². The number of rotatable bonds is 0. The third kappa shape index (κ3) is 0.573. The molecule has 0 N–H and O–H groups in total. The maximum Gasteiger partial charge on any atom is 0.0252 e. The van der Waals surface area contributed by atoms with Crippen molar-refractivity contribution in [2.24, 2.45) is 41.4 Å². The summed E-state index contributed by atoms with van der Waals surface area (Å²) >= 11 is 0. The van der Waals surface area contributed by atoms with Gasteiger partial charge in [0.2, 0.25) is 0 Å². The van der Waals surface area contributed by atoms with Crippen LogP contribution in [0.25, 0.3) is 0 Å². The van der Waals surface area contributed by atoms with Crippen LogP contribution in [0.15, 0.2) is 12.2 Å². The second-order valence-corrected chi connectivity index (χ2v) is 5.29. The van der Waals surface area contributed by atoms with Crippen LogP contribution in [0, 0.1) is 53.3 Å². The van der Waals surface area contributed by atoms with Crippen molar-refractivity contribution < 1.29 is 0 Å². The fourth-order valence-corrected chi connectivity index (χ4v) is 4.52. The number of hydrogen-bond acceptors (Lipinski definition) is 0. The number of allylic oxidation sites excluding steroid dienone is 2. The van der Waals surface area contributed by atoms with Crippen molar-refractivity contribution in [3.05, 3.63) is 12.2 Å². The van der Waals surface area contributed by atoms with Gasteiger partial charge in [-0.3, -0.25) is 0 Å². The van der Waals surface area contributed by atoms with E-state index in [2.05, 4.69) is 30.9 Å². The van der Waals surface area contributed by atoms with Gasteiger partial charge in [0.15, 0.2) is 0 Å². The first-order valence-electron chi connectivity index (χ1n) is 5.55. The van der Waals surface area contributed by atoms with Crippen LogP contribution in [0.5, 0.6) is 0 Å². The maximum atomic E-state index is 3.45. The van der Waals surface area contributed by atoms with Crippen molar-refractivity contribution >= 4 is 0 Å². The van der Waals surface area contributed by atoms with Crippen LogP contribution in [0.2, 0.25) is 0 Å². The molecule has 2 fully saturated rings. The molecule has 0 aliphatic heterocycles. The lowest BCUT2D eigenvalue weighted by Gasteiger charge is -2.26. The van der Waals surface area contributed by atoms with Gasteiger partial charge in [-0.2, -0.15) is 0 Å². The summed E-state index contributed by atoms with van der Waals surface area (Å²) < 4.78 is 0. The van der Waals surface area contributed by atoms with Gasteiger partial charge < -0.3 is 0 Å². The summed E-state index contributed by atoms with van der Waals surface area (Å²) in [5.74, 6) is 13.1. The Kier molecular flexibility index (Phi) is 0.967. The molecule has 0 amide bonds. The maximum absolute atomic E-state index is 3.45. The van der Waals surface area contributed by atoms with E-state index < -0.39 is 0 Å². The largest absolute Gasteiger partial charge is 0.0992 e. The van der Waals surface area contributed by atoms with Crippen LogP contribution >= 0.6 is 0 Å². The molecule has 4 aliphatic rings. The monoisotopic (exact) mass is 170 g/mol. The molecule has 0 radical (unpaired) electrons. The molecule has 6 unspecified atom stereocenters. The Morgan fingerprint density at radius 1 is 1.00 bits per heavy atom. The SMILES string of the molecule is CC1C2C=CC1C1C3C#CC(C3)C21. The zero-order chi connectivity index (χ0) is 8.58. The van der Waals surface area contributed by atoms with E-state index in [4.69, 9.17) is 0 Å². The molecule has 4 bridgehead atoms. The van der Waals surface area contributed by atoms with E-state index >= 15 is 0 Å². The van der Waals surface area contributed by atoms with Crippen LogP contribution in [-0.2, 0) is 0 Å². The Hall–Kier alpha value is -0.700. The first-order chi connectivity index (χ1) is 6.36. The first kappa shape index (κ1) is 6.71. The Balaban J connectivity index is 1.86. The third-order valence-corrected chi connectivity index (χ3v) is 4.99. The molecule has 0 aromatic heterocycles. The van der Waals surface area contributed by atoms with Gasteiger partial charge >= 0.3 is 0 Å². The number of fused-ring (bicyclic) bond motifs is 9. The molecule has 0 heterocycles. The molecule has 0 saturated heterocycles. The molecule has 2 saturated carbocycles. The first-order valence-corrected chi connectivity index (χ1v) is 5.55. The van der Waals surface area contributed by atoms with Crippen LogP contribution < -0.4 is 0 Å². The van der Waals surface area contributed by atoms with E-state index in [0.29, 0.717) is 0 Å². The second kappa shape index (κ2) is 1.87. The van der Waals surface area contributed by atoms with E-state index in [0.717, 1.165) is 41.4 Å². The Labute approximate surface area is 79.4 Å². The van der Waals surface area contributed by atoms with Gasteiger partial charge in [-0.1, -0.05) is 30.9 Å². The Bertz CT molecular complexity index is 324. The molecular weight excluding hydrogens is 156 g/mol. The average Bonchev–Trinajstić information content (AvgIpc) is 2.84. The molecule has 4 rings (SSSR count). The molecular formula is C13H14. The van der Waals surface area contributed by atoms with Crippen molar-refractivity contribution in [1.82, 2.24) is 0 Å². The minimum Gasteiger partial charge on any atom is -0.0992 e. The molecule has 4 aliphatic carbocycles. The Morgan fingerprint density at radius 2 is 1.54 bits per heavy atom. The molecule has 0 aromatic rings. The van der Waals surface area contributed by atoms with Gasteiger partial charge in [0.1, 0.15) is 0 Å². The number of hydrogen-bond donors (Lipinski definition) is 0.